The van der Waals surface area contributed by atoms with Gasteiger partial charge in [-0.15, -0.1) is 0 Å². The van der Waals surface area contributed by atoms with Crippen molar-refractivity contribution in [2.24, 2.45) is 0 Å². The van der Waals surface area contributed by atoms with Gasteiger partial charge in [0.1, 0.15) is 5.75 Å². The van der Waals surface area contributed by atoms with E-state index >= 15 is 0 Å². The van der Waals surface area contributed by atoms with Crippen molar-refractivity contribution in [1.82, 2.24) is 0 Å². The molecule has 2 aromatic rings. The predicted octanol–water partition coefficient (Wildman–Crippen LogP) is 2.92. The minimum atomic E-state index is -0.515. The second kappa shape index (κ2) is 6.51. The Bertz CT molecular complexity index is 653. The molecule has 2 aromatic carbocycles. The largest absolute Gasteiger partial charge is 0.484 e. The smallest absolute Gasteiger partial charge is 0.271 e. The van der Waals surface area contributed by atoms with E-state index in [2.05, 4.69) is 5.32 Å². The molecule has 0 atom stereocenters. The maximum absolute atomic E-state index is 11.7. The standard InChI is InChI=1S/C15H14N2O4/c1-11-5-7-14(8-6-11)21-10-15(18)16-12-3-2-4-13(9-12)17(19)20/h2-9H,10H2,1H3,(H,16,18). The number of anilines is 1. The zero-order valence-corrected chi connectivity index (χ0v) is 11.4. The molecule has 1 N–H and O–H groups in total. The fourth-order valence-corrected chi connectivity index (χ4v) is 1.68. The van der Waals surface area contributed by atoms with E-state index in [-0.39, 0.29) is 18.2 Å². The Morgan fingerprint density at radius 1 is 1.24 bits per heavy atom. The topological polar surface area (TPSA) is 81.5 Å². The number of hydrogen-bond donors (Lipinski definition) is 1. The van der Waals surface area contributed by atoms with Crippen molar-refractivity contribution < 1.29 is 14.5 Å². The first-order valence-electron chi connectivity index (χ1n) is 6.28. The Labute approximate surface area is 121 Å². The van der Waals surface area contributed by atoms with Crippen LogP contribution in [0.2, 0.25) is 0 Å². The van der Waals surface area contributed by atoms with Crippen molar-refractivity contribution in [2.45, 2.75) is 6.92 Å². The van der Waals surface area contributed by atoms with E-state index in [0.29, 0.717) is 11.4 Å². The van der Waals surface area contributed by atoms with Crippen molar-refractivity contribution in [2.75, 3.05) is 11.9 Å². The summed E-state index contributed by atoms with van der Waals surface area (Å²) in [6.45, 7) is 1.80. The van der Waals surface area contributed by atoms with Crippen LogP contribution < -0.4 is 10.1 Å². The molecule has 0 aliphatic heterocycles. The van der Waals surface area contributed by atoms with E-state index in [1.165, 1.54) is 18.2 Å². The lowest BCUT2D eigenvalue weighted by Gasteiger charge is -2.07. The first kappa shape index (κ1) is 14.5. The summed E-state index contributed by atoms with van der Waals surface area (Å²) in [6.07, 6.45) is 0. The highest BCUT2D eigenvalue weighted by Gasteiger charge is 2.08. The fourth-order valence-electron chi connectivity index (χ4n) is 1.68. The Balaban J connectivity index is 1.91. The summed E-state index contributed by atoms with van der Waals surface area (Å²) >= 11 is 0. The lowest BCUT2D eigenvalue weighted by molar-refractivity contribution is -0.384. The lowest BCUT2D eigenvalue weighted by atomic mass is 10.2. The van der Waals surface area contributed by atoms with Gasteiger partial charge in [0.2, 0.25) is 0 Å². The van der Waals surface area contributed by atoms with E-state index in [4.69, 9.17) is 4.74 Å². The van der Waals surface area contributed by atoms with Gasteiger partial charge in [0.15, 0.2) is 6.61 Å². The number of hydrogen-bond acceptors (Lipinski definition) is 4. The predicted molar refractivity (Wildman–Crippen MR) is 78.4 cm³/mol. The molecule has 0 aromatic heterocycles. The molecule has 0 radical (unpaired) electrons. The van der Waals surface area contributed by atoms with Crippen LogP contribution in [0.25, 0.3) is 0 Å². The molecule has 0 saturated carbocycles. The van der Waals surface area contributed by atoms with Gasteiger partial charge in [0.25, 0.3) is 11.6 Å². The molecule has 1 amide bonds. The number of nitrogens with one attached hydrogen (secondary N) is 1. The summed E-state index contributed by atoms with van der Waals surface area (Å²) in [6, 6.07) is 13.1. The summed E-state index contributed by atoms with van der Waals surface area (Å²) in [7, 11) is 0. The molecule has 0 aliphatic carbocycles. The van der Waals surface area contributed by atoms with Gasteiger partial charge < -0.3 is 10.1 Å². The van der Waals surface area contributed by atoms with Crippen LogP contribution in [0.3, 0.4) is 0 Å². The lowest BCUT2D eigenvalue weighted by Crippen LogP contribution is -2.20. The molecule has 0 bridgehead atoms. The molecule has 0 heterocycles. The van der Waals surface area contributed by atoms with Crippen LogP contribution >= 0.6 is 0 Å². The Kier molecular flexibility index (Phi) is 4.50. The molecule has 108 valence electrons. The third-order valence-electron chi connectivity index (χ3n) is 2.73. The highest BCUT2D eigenvalue weighted by molar-refractivity contribution is 5.92. The third-order valence-corrected chi connectivity index (χ3v) is 2.73. The first-order valence-corrected chi connectivity index (χ1v) is 6.28. The number of aryl methyl sites for hydroxylation is 1. The number of carbonyl (C=O) groups excluding carboxylic acids is 1. The Hall–Kier alpha value is -2.89. The number of nitrogens with zero attached hydrogens (tertiary/aromatic N) is 1. The van der Waals surface area contributed by atoms with E-state index in [9.17, 15) is 14.9 Å². The molecular weight excluding hydrogens is 272 g/mol. The average Bonchev–Trinajstić information content (AvgIpc) is 2.47. The van der Waals surface area contributed by atoms with Crippen molar-refractivity contribution in [1.29, 1.82) is 0 Å². The molecule has 6 heteroatoms. The van der Waals surface area contributed by atoms with E-state index < -0.39 is 4.92 Å². The van der Waals surface area contributed by atoms with Crippen LogP contribution in [0, 0.1) is 17.0 Å². The van der Waals surface area contributed by atoms with E-state index in [1.54, 1.807) is 18.2 Å². The number of non-ortho nitro benzene ring substituents is 1. The fraction of sp³-hybridized carbons (Fsp3) is 0.133. The van der Waals surface area contributed by atoms with Gasteiger partial charge in [-0.1, -0.05) is 23.8 Å². The minimum Gasteiger partial charge on any atom is -0.484 e. The normalized spacial score (nSPS) is 9.95. The van der Waals surface area contributed by atoms with Crippen molar-refractivity contribution >= 4 is 17.3 Å². The van der Waals surface area contributed by atoms with Crippen LogP contribution in [0.4, 0.5) is 11.4 Å². The number of benzene rings is 2. The van der Waals surface area contributed by atoms with Crippen molar-refractivity contribution in [3.05, 3.63) is 64.2 Å². The highest BCUT2D eigenvalue weighted by atomic mass is 16.6. The van der Waals surface area contributed by atoms with Crippen LogP contribution in [0.5, 0.6) is 5.75 Å². The van der Waals surface area contributed by atoms with Gasteiger partial charge >= 0.3 is 0 Å². The van der Waals surface area contributed by atoms with Crippen molar-refractivity contribution in [3.63, 3.8) is 0 Å². The maximum atomic E-state index is 11.7. The Morgan fingerprint density at radius 2 is 1.95 bits per heavy atom. The third kappa shape index (κ3) is 4.31. The molecule has 21 heavy (non-hydrogen) atoms. The van der Waals surface area contributed by atoms with Crippen LogP contribution in [0.15, 0.2) is 48.5 Å². The van der Waals surface area contributed by atoms with E-state index in [1.807, 2.05) is 19.1 Å². The quantitative estimate of drug-likeness (QED) is 0.676. The molecule has 2 rings (SSSR count). The van der Waals surface area contributed by atoms with Gasteiger partial charge in [-0.05, 0) is 25.1 Å². The molecule has 6 nitrogen and oxygen atoms in total. The van der Waals surface area contributed by atoms with Gasteiger partial charge in [0.05, 0.1) is 4.92 Å². The molecule has 0 spiro atoms. The number of amides is 1. The van der Waals surface area contributed by atoms with Gasteiger partial charge in [-0.25, -0.2) is 0 Å². The molecule has 0 saturated heterocycles. The second-order valence-electron chi connectivity index (χ2n) is 4.46. The zero-order chi connectivity index (χ0) is 15.2. The van der Waals surface area contributed by atoms with Gasteiger partial charge in [-0.2, -0.15) is 0 Å². The summed E-state index contributed by atoms with van der Waals surface area (Å²) < 4.78 is 5.33. The van der Waals surface area contributed by atoms with E-state index in [0.717, 1.165) is 5.56 Å². The molecule has 0 unspecified atom stereocenters. The van der Waals surface area contributed by atoms with Crippen LogP contribution in [0.1, 0.15) is 5.56 Å². The summed E-state index contributed by atoms with van der Waals surface area (Å²) in [5.74, 6) is 0.214. The average molecular weight is 286 g/mol. The summed E-state index contributed by atoms with van der Waals surface area (Å²) in [4.78, 5) is 21.9. The van der Waals surface area contributed by atoms with Crippen LogP contribution in [-0.2, 0) is 4.79 Å². The number of nitro benzene ring substituents is 1. The van der Waals surface area contributed by atoms with Gasteiger partial charge in [0, 0.05) is 17.8 Å². The van der Waals surface area contributed by atoms with Gasteiger partial charge in [-0.3, -0.25) is 14.9 Å². The van der Waals surface area contributed by atoms with Crippen molar-refractivity contribution in [3.8, 4) is 5.75 Å². The minimum absolute atomic E-state index is 0.0766. The van der Waals surface area contributed by atoms with Crippen LogP contribution in [-0.4, -0.2) is 17.4 Å². The summed E-state index contributed by atoms with van der Waals surface area (Å²) in [5, 5.41) is 13.2. The monoisotopic (exact) mass is 286 g/mol. The second-order valence-corrected chi connectivity index (χ2v) is 4.46. The summed E-state index contributed by atoms with van der Waals surface area (Å²) in [5.41, 5.74) is 1.39. The molecule has 0 aliphatic rings. The number of carbonyl (C=O) groups is 1. The SMILES string of the molecule is Cc1ccc(OCC(=O)Nc2cccc([N+](=O)[O-])c2)cc1. The zero-order valence-electron chi connectivity index (χ0n) is 11.4. The number of rotatable bonds is 5. The molecular formula is C15H14N2O4. The highest BCUT2D eigenvalue weighted by Crippen LogP contribution is 2.17. The number of ether oxygens (including phenoxy) is 1. The first-order chi connectivity index (χ1) is 10.0. The maximum Gasteiger partial charge on any atom is 0.271 e. The number of nitro groups is 1. The Morgan fingerprint density at radius 3 is 2.62 bits per heavy atom. The molecule has 0 fully saturated rings.